The molecule has 0 spiro atoms. The van der Waals surface area contributed by atoms with Crippen molar-refractivity contribution < 1.29 is 61.3 Å². The highest BCUT2D eigenvalue weighted by Gasteiger charge is 2.38. The second-order valence-electron chi connectivity index (χ2n) is 24.9. The number of hydrogen-bond acceptors (Lipinski definition) is 13. The van der Waals surface area contributed by atoms with Crippen molar-refractivity contribution in [3.63, 3.8) is 0 Å². The van der Waals surface area contributed by atoms with Crippen LogP contribution in [0.3, 0.4) is 0 Å². The van der Waals surface area contributed by atoms with E-state index in [0.717, 1.165) is 27.8 Å². The van der Waals surface area contributed by atoms with Crippen LogP contribution in [0.2, 0.25) is 0 Å². The maximum absolute atomic E-state index is 14.8. The molecule has 0 saturated carbocycles. The Bertz CT molecular complexity index is 3560. The van der Waals surface area contributed by atoms with Crippen LogP contribution >= 0.6 is 0 Å². The number of ether oxygens (including phenoxy) is 3. The lowest BCUT2D eigenvalue weighted by Crippen LogP contribution is -2.60. The number of nitrogens with one attached hydrogen (secondary N) is 6. The van der Waals surface area contributed by atoms with E-state index in [-0.39, 0.29) is 55.6 Å². The third-order valence-corrected chi connectivity index (χ3v) is 17.1. The largest absolute Gasteiger partial charge is 0.487 e. The van der Waals surface area contributed by atoms with E-state index in [1.165, 1.54) is 17.7 Å². The molecule has 5 atom stereocenters. The fourth-order valence-corrected chi connectivity index (χ4v) is 12.7. The molecule has 1 aliphatic heterocycles. The van der Waals surface area contributed by atoms with E-state index in [4.69, 9.17) is 19.9 Å². The summed E-state index contributed by atoms with van der Waals surface area (Å²) in [5.41, 5.74) is 12.2. The van der Waals surface area contributed by atoms with Crippen molar-refractivity contribution in [2.24, 2.45) is 22.6 Å². The van der Waals surface area contributed by atoms with Crippen LogP contribution in [-0.2, 0) is 56.3 Å². The van der Waals surface area contributed by atoms with Crippen LogP contribution in [0.15, 0.2) is 88.9 Å². The van der Waals surface area contributed by atoms with Crippen molar-refractivity contribution in [2.75, 3.05) is 13.2 Å². The Labute approximate surface area is 508 Å². The number of aromatic nitrogens is 1. The molecule has 23 heteroatoms. The first-order chi connectivity index (χ1) is 40.8. The summed E-state index contributed by atoms with van der Waals surface area (Å²) in [5.74, 6) is -5.39. The number of hydrogen-bond donors (Lipinski definition) is 8. The molecule has 2 aliphatic rings. The number of aliphatic imine (C=N–C) groups is 1. The number of guanidine groups is 1. The van der Waals surface area contributed by atoms with E-state index >= 15 is 0 Å². The third kappa shape index (κ3) is 15.9. The van der Waals surface area contributed by atoms with Crippen LogP contribution in [0.25, 0.3) is 22.0 Å². The van der Waals surface area contributed by atoms with Crippen LogP contribution in [0.5, 0.6) is 5.75 Å². The quantitative estimate of drug-likeness (QED) is 0.0180. The van der Waals surface area contributed by atoms with Gasteiger partial charge in [0.25, 0.3) is 10.0 Å². The van der Waals surface area contributed by atoms with Gasteiger partial charge in [-0.1, -0.05) is 94.4 Å². The number of nitrogens with zero attached hydrogens (tertiary/aromatic N) is 2. The van der Waals surface area contributed by atoms with Gasteiger partial charge in [-0.25, -0.2) is 27.5 Å². The molecule has 9 N–H and O–H groups in total. The number of carbonyl (C=O) groups is 7. The first-order valence-electron chi connectivity index (χ1n) is 29.3. The second kappa shape index (κ2) is 27.1. The van der Waals surface area contributed by atoms with Gasteiger partial charge in [-0.05, 0) is 144 Å². The van der Waals surface area contributed by atoms with Gasteiger partial charge in [-0.2, -0.15) is 0 Å². The molecular formula is C64H83N9O13S. The van der Waals surface area contributed by atoms with E-state index in [1.54, 1.807) is 79.7 Å². The molecule has 0 unspecified atom stereocenters. The third-order valence-electron chi connectivity index (χ3n) is 15.4. The number of fused-ring (bicyclic) bond motifs is 5. The molecule has 87 heavy (non-hydrogen) atoms. The van der Waals surface area contributed by atoms with Crippen molar-refractivity contribution in [1.82, 2.24) is 35.9 Å². The van der Waals surface area contributed by atoms with E-state index < -0.39 is 105 Å². The molecule has 1 aromatic heterocycles. The van der Waals surface area contributed by atoms with Crippen LogP contribution in [0, 0.1) is 32.6 Å². The molecule has 4 aromatic carbocycles. The van der Waals surface area contributed by atoms with E-state index in [1.807, 2.05) is 76.2 Å². The van der Waals surface area contributed by atoms with Gasteiger partial charge in [-0.3, -0.25) is 28.7 Å². The average Bonchev–Trinajstić information content (AvgIpc) is 1.96. The maximum Gasteiger partial charge on any atom is 0.419 e. The van der Waals surface area contributed by atoms with Gasteiger partial charge in [0.05, 0.1) is 10.4 Å². The monoisotopic (exact) mass is 1220 g/mol. The summed E-state index contributed by atoms with van der Waals surface area (Å²) < 4.78 is 48.7. The van der Waals surface area contributed by atoms with Crippen LogP contribution < -0.4 is 41.8 Å². The summed E-state index contributed by atoms with van der Waals surface area (Å²) in [6.07, 6.45) is 0.195. The van der Waals surface area contributed by atoms with E-state index in [2.05, 4.69) is 36.3 Å². The molecule has 0 fully saturated rings. The van der Waals surface area contributed by atoms with Crippen LogP contribution in [-0.4, -0.2) is 120 Å². The van der Waals surface area contributed by atoms with Gasteiger partial charge in [0.2, 0.25) is 29.6 Å². The fraction of sp³-hybridized carbons (Fsp3) is 0.469. The standard InChI is InChI=1S/C64H83N9O13S/c1-34(2)29-49(57(76)71-52(35(3)4)58(77)68-48(59(78)79)26-20-28-66-60(65)72-87(82,83)54-37(6)36(5)53-46(38(54)7)31-64(12,13)85-53)70-56(75)50(30-40-32-73(62(81)86-63(9,10)11)51-27-19-18-21-41(40)51)69-55(74)39(8)67-61(80)84-33-47-44-24-16-14-22-42(44)43-23-15-17-25-45(43)47/h14-19,21-25,27,32,34-35,39,47-50,52H,20,26,28-31,33H2,1-13H3,(H,67,80)(H,68,77)(H,69,74)(H,70,75)(H,71,76)(H,78,79)(H3,65,66,72)/t39-,48-,49-,50-,52-/m0/s1. The highest BCUT2D eigenvalue weighted by atomic mass is 32.2. The normalized spacial score (nSPS) is 15.4. The highest BCUT2D eigenvalue weighted by molar-refractivity contribution is 7.90. The van der Waals surface area contributed by atoms with E-state index in [0.29, 0.717) is 45.3 Å². The summed E-state index contributed by atoms with van der Waals surface area (Å²) in [5, 5.41) is 24.1. The predicted molar refractivity (Wildman–Crippen MR) is 330 cm³/mol. The van der Waals surface area contributed by atoms with Crippen molar-refractivity contribution in [3.8, 4) is 16.9 Å². The van der Waals surface area contributed by atoms with Crippen molar-refractivity contribution in [1.29, 1.82) is 0 Å². The lowest BCUT2D eigenvalue weighted by molar-refractivity contribution is -0.142. The molecule has 468 valence electrons. The van der Waals surface area contributed by atoms with Gasteiger partial charge in [0.1, 0.15) is 53.8 Å². The minimum absolute atomic E-state index is 0.0200. The predicted octanol–water partition coefficient (Wildman–Crippen LogP) is 7.33. The zero-order valence-electron chi connectivity index (χ0n) is 51.8. The number of carboxylic acids is 1. The number of alkyl carbamates (subject to hydrolysis) is 1. The van der Waals surface area contributed by atoms with E-state index in [9.17, 15) is 47.1 Å². The number of amides is 5. The summed E-state index contributed by atoms with van der Waals surface area (Å²) in [4.78, 5) is 101. The molecule has 0 bridgehead atoms. The van der Waals surface area contributed by atoms with Crippen molar-refractivity contribution in [3.05, 3.63) is 118 Å². The van der Waals surface area contributed by atoms with Gasteiger partial charge < -0.3 is 51.6 Å². The summed E-state index contributed by atoms with van der Waals surface area (Å²) in [7, 11) is -4.21. The molecule has 2 heterocycles. The molecular weight excluding hydrogens is 1130 g/mol. The number of carboxylic acid groups (broad SMARTS) is 1. The number of para-hydroxylation sites is 1. The molecule has 1 aliphatic carbocycles. The van der Waals surface area contributed by atoms with Crippen LogP contribution in [0.1, 0.15) is 133 Å². The number of rotatable bonds is 23. The minimum Gasteiger partial charge on any atom is -0.487 e. The molecule has 7 rings (SSSR count). The van der Waals surface area contributed by atoms with Gasteiger partial charge in [0, 0.05) is 42.5 Å². The molecule has 5 amide bonds. The average molecular weight is 1220 g/mol. The number of benzene rings is 4. The fourth-order valence-electron chi connectivity index (χ4n) is 11.1. The number of sulfonamides is 1. The van der Waals surface area contributed by atoms with Crippen molar-refractivity contribution >= 4 is 68.7 Å². The first kappa shape index (κ1) is 66.1. The second-order valence-corrected chi connectivity index (χ2v) is 26.5. The number of carbonyl (C=O) groups excluding carboxylic acids is 6. The lowest BCUT2D eigenvalue weighted by Gasteiger charge is -2.28. The smallest absolute Gasteiger partial charge is 0.419 e. The summed E-state index contributed by atoms with van der Waals surface area (Å²) in [6.45, 7) is 22.5. The Morgan fingerprint density at radius 2 is 1.36 bits per heavy atom. The topological polar surface area (TPSA) is 317 Å². The first-order valence-corrected chi connectivity index (χ1v) is 30.8. The Balaban J connectivity index is 1.03. The zero-order valence-corrected chi connectivity index (χ0v) is 52.6. The Kier molecular flexibility index (Phi) is 20.6. The Morgan fingerprint density at radius 3 is 1.97 bits per heavy atom. The molecule has 5 aromatic rings. The summed E-state index contributed by atoms with van der Waals surface area (Å²) >= 11 is 0. The van der Waals surface area contributed by atoms with Gasteiger partial charge in [-0.15, -0.1) is 0 Å². The molecule has 22 nitrogen and oxygen atoms in total. The maximum atomic E-state index is 14.8. The zero-order chi connectivity index (χ0) is 64.0. The molecule has 0 radical (unpaired) electrons. The summed E-state index contributed by atoms with van der Waals surface area (Å²) in [6, 6.07) is 15.9. The van der Waals surface area contributed by atoms with Crippen molar-refractivity contribution in [2.45, 2.75) is 174 Å². The minimum atomic E-state index is -4.21. The molecule has 0 saturated heterocycles. The number of nitrogens with two attached hydrogens (primary N) is 1. The lowest BCUT2D eigenvalue weighted by atomic mass is 9.94. The number of aliphatic carboxylic acids is 1. The van der Waals surface area contributed by atoms with Gasteiger partial charge in [0.15, 0.2) is 0 Å². The Hall–Kier alpha value is -8.47. The Morgan fingerprint density at radius 1 is 0.770 bits per heavy atom. The SMILES string of the molecule is Cc1c(C)c(S(=O)(=O)NC(N)=NCCC[C@H](NC(=O)[C@@H](NC(=O)[C@H](CC(C)C)NC(=O)[C@H](Cc2cn(C(=O)OC(C)(C)C)c3ccccc23)NC(=O)[C@H](C)NC(=O)OCC2c3ccccc3-c3ccccc32)C(C)C)C(=O)O)c(C)c2c1OC(C)(C)C2. The highest BCUT2D eigenvalue weighted by Crippen LogP contribution is 2.45. The van der Waals surface area contributed by atoms with Crippen LogP contribution in [0.4, 0.5) is 9.59 Å². The van der Waals surface area contributed by atoms with Gasteiger partial charge >= 0.3 is 18.2 Å².